The van der Waals surface area contributed by atoms with Crippen LogP contribution in [0.4, 0.5) is 0 Å². The Hall–Kier alpha value is -1.43. The second-order valence-electron chi connectivity index (χ2n) is 5.25. The number of aryl methyl sites for hydroxylation is 1. The van der Waals surface area contributed by atoms with Crippen molar-refractivity contribution in [3.05, 3.63) is 40.3 Å². The minimum atomic E-state index is 0.432. The van der Waals surface area contributed by atoms with Crippen LogP contribution >= 0.6 is 22.9 Å². The smallest absolute Gasteiger partial charge is 0.194 e. The second kappa shape index (κ2) is 5.09. The van der Waals surface area contributed by atoms with Gasteiger partial charge in [0.05, 0.1) is 17.8 Å². The third kappa shape index (κ3) is 2.25. The van der Waals surface area contributed by atoms with Crippen LogP contribution in [-0.2, 0) is 4.74 Å². The first-order valence-electron chi connectivity index (χ1n) is 6.90. The highest BCUT2D eigenvalue weighted by molar-refractivity contribution is 7.14. The Kier molecular flexibility index (Phi) is 3.21. The Labute approximate surface area is 131 Å². The highest BCUT2D eigenvalue weighted by Gasteiger charge is 2.23. The number of fused-ring (bicyclic) bond motifs is 1. The summed E-state index contributed by atoms with van der Waals surface area (Å²) in [6.45, 7) is 3.76. The fraction of sp³-hybridized carbons (Fsp3) is 0.333. The normalized spacial score (nSPS) is 18.7. The molecule has 21 heavy (non-hydrogen) atoms. The second-order valence-corrected chi connectivity index (χ2v) is 6.82. The van der Waals surface area contributed by atoms with Gasteiger partial charge in [-0.2, -0.15) is 0 Å². The molecule has 3 aromatic rings. The average molecular weight is 320 g/mol. The van der Waals surface area contributed by atoms with E-state index in [1.165, 1.54) is 10.6 Å². The van der Waals surface area contributed by atoms with Crippen LogP contribution in [0, 0.1) is 6.92 Å². The molecule has 1 unspecified atom stereocenters. The van der Waals surface area contributed by atoms with E-state index in [0.717, 1.165) is 35.7 Å². The van der Waals surface area contributed by atoms with E-state index in [-0.39, 0.29) is 0 Å². The summed E-state index contributed by atoms with van der Waals surface area (Å²) in [7, 11) is 0. The van der Waals surface area contributed by atoms with Gasteiger partial charge < -0.3 is 4.74 Å². The number of halogens is 1. The van der Waals surface area contributed by atoms with Crippen LogP contribution in [-0.4, -0.2) is 27.7 Å². The molecule has 0 amide bonds. The summed E-state index contributed by atoms with van der Waals surface area (Å²) >= 11 is 7.73. The lowest BCUT2D eigenvalue weighted by Gasteiger charge is -2.04. The summed E-state index contributed by atoms with van der Waals surface area (Å²) in [4.78, 5) is 10.2. The highest BCUT2D eigenvalue weighted by atomic mass is 35.5. The first-order valence-corrected chi connectivity index (χ1v) is 8.10. The first-order chi connectivity index (χ1) is 10.2. The fourth-order valence-corrected chi connectivity index (χ4v) is 3.94. The number of rotatable bonds is 2. The van der Waals surface area contributed by atoms with Gasteiger partial charge >= 0.3 is 0 Å². The van der Waals surface area contributed by atoms with Crippen molar-refractivity contribution in [1.82, 2.24) is 14.5 Å². The van der Waals surface area contributed by atoms with Crippen molar-refractivity contribution in [2.45, 2.75) is 19.3 Å². The molecule has 0 aromatic carbocycles. The molecule has 0 radical (unpaired) electrons. The Bertz CT molecular complexity index is 804. The maximum absolute atomic E-state index is 6.02. The van der Waals surface area contributed by atoms with Gasteiger partial charge in [-0.05, 0) is 19.4 Å². The largest absolute Gasteiger partial charge is 0.381 e. The maximum Gasteiger partial charge on any atom is 0.194 e. The van der Waals surface area contributed by atoms with Gasteiger partial charge in [0.25, 0.3) is 0 Å². The van der Waals surface area contributed by atoms with Gasteiger partial charge in [-0.3, -0.25) is 4.57 Å². The number of hydrogen-bond acceptors (Lipinski definition) is 4. The van der Waals surface area contributed by atoms with E-state index in [0.29, 0.717) is 11.1 Å². The standard InChI is InChI=1S/C15H14ClN3OS/c1-9-14(11-3-5-20-8-11)18-15(21-9)19-4-2-10-7-17-13(16)6-12(10)19/h2,4,6-7,11H,3,5,8H2,1H3. The van der Waals surface area contributed by atoms with Gasteiger partial charge in [0.15, 0.2) is 5.13 Å². The van der Waals surface area contributed by atoms with E-state index in [1.54, 1.807) is 17.5 Å². The summed E-state index contributed by atoms with van der Waals surface area (Å²) < 4.78 is 7.57. The molecule has 4 nitrogen and oxygen atoms in total. The molecule has 0 N–H and O–H groups in total. The number of ether oxygens (including phenoxy) is 1. The van der Waals surface area contributed by atoms with Crippen LogP contribution in [0.15, 0.2) is 24.5 Å². The molecular formula is C15H14ClN3OS. The third-order valence-electron chi connectivity index (χ3n) is 3.88. The summed E-state index contributed by atoms with van der Waals surface area (Å²) in [5.74, 6) is 0.432. The van der Waals surface area contributed by atoms with Gasteiger partial charge in [0.1, 0.15) is 5.15 Å². The van der Waals surface area contributed by atoms with Crippen LogP contribution in [0.1, 0.15) is 22.9 Å². The summed E-state index contributed by atoms with van der Waals surface area (Å²) in [5.41, 5.74) is 2.22. The van der Waals surface area contributed by atoms with Crippen LogP contribution in [0.5, 0.6) is 0 Å². The van der Waals surface area contributed by atoms with Crippen molar-refractivity contribution in [2.24, 2.45) is 0 Å². The molecule has 0 saturated carbocycles. The Morgan fingerprint density at radius 3 is 3.19 bits per heavy atom. The van der Waals surface area contributed by atoms with Crippen LogP contribution in [0.3, 0.4) is 0 Å². The van der Waals surface area contributed by atoms with Crippen molar-refractivity contribution >= 4 is 33.8 Å². The van der Waals surface area contributed by atoms with E-state index in [4.69, 9.17) is 21.3 Å². The lowest BCUT2D eigenvalue weighted by molar-refractivity contribution is 0.193. The monoisotopic (exact) mass is 319 g/mol. The fourth-order valence-electron chi connectivity index (χ4n) is 2.80. The Morgan fingerprint density at radius 2 is 2.38 bits per heavy atom. The molecule has 3 aromatic heterocycles. The van der Waals surface area contributed by atoms with Crippen LogP contribution in [0.25, 0.3) is 16.0 Å². The predicted molar refractivity (Wildman–Crippen MR) is 84.7 cm³/mol. The molecule has 0 bridgehead atoms. The van der Waals surface area contributed by atoms with Crippen LogP contribution in [0.2, 0.25) is 5.15 Å². The molecule has 0 aliphatic carbocycles. The van der Waals surface area contributed by atoms with Crippen molar-refractivity contribution < 1.29 is 4.74 Å². The number of thiazole rings is 1. The lowest BCUT2D eigenvalue weighted by atomic mass is 10.0. The molecule has 6 heteroatoms. The van der Waals surface area contributed by atoms with Gasteiger partial charge in [0.2, 0.25) is 0 Å². The van der Waals surface area contributed by atoms with Gasteiger partial charge in [-0.25, -0.2) is 9.97 Å². The number of hydrogen-bond donors (Lipinski definition) is 0. The van der Waals surface area contributed by atoms with Crippen molar-refractivity contribution in [1.29, 1.82) is 0 Å². The Morgan fingerprint density at radius 1 is 1.48 bits per heavy atom. The van der Waals surface area contributed by atoms with Crippen LogP contribution < -0.4 is 0 Å². The van der Waals surface area contributed by atoms with E-state index in [9.17, 15) is 0 Å². The summed E-state index contributed by atoms with van der Waals surface area (Å²) in [5, 5.41) is 2.55. The van der Waals surface area contributed by atoms with Crippen molar-refractivity contribution in [2.75, 3.05) is 13.2 Å². The molecule has 108 valence electrons. The topological polar surface area (TPSA) is 39.9 Å². The zero-order valence-electron chi connectivity index (χ0n) is 11.5. The number of nitrogens with zero attached hydrogens (tertiary/aromatic N) is 3. The summed E-state index contributed by atoms with van der Waals surface area (Å²) in [6, 6.07) is 3.92. The number of aromatic nitrogens is 3. The maximum atomic E-state index is 6.02. The van der Waals surface area contributed by atoms with Gasteiger partial charge in [0, 0.05) is 41.2 Å². The first kappa shape index (κ1) is 13.2. The molecule has 1 fully saturated rings. The number of pyridine rings is 1. The summed E-state index contributed by atoms with van der Waals surface area (Å²) in [6.07, 6.45) is 4.88. The lowest BCUT2D eigenvalue weighted by Crippen LogP contribution is -2.00. The third-order valence-corrected chi connectivity index (χ3v) is 5.08. The zero-order valence-corrected chi connectivity index (χ0v) is 13.1. The molecule has 4 rings (SSSR count). The molecule has 1 aliphatic rings. The minimum absolute atomic E-state index is 0.432. The van der Waals surface area contributed by atoms with Gasteiger partial charge in [-0.1, -0.05) is 11.6 Å². The van der Waals surface area contributed by atoms with E-state index in [2.05, 4.69) is 16.5 Å². The Balaban J connectivity index is 1.81. The van der Waals surface area contributed by atoms with Crippen molar-refractivity contribution in [3.63, 3.8) is 0 Å². The molecule has 1 atom stereocenters. The minimum Gasteiger partial charge on any atom is -0.381 e. The van der Waals surface area contributed by atoms with E-state index < -0.39 is 0 Å². The molecule has 1 saturated heterocycles. The molecular weight excluding hydrogens is 306 g/mol. The average Bonchev–Trinajstić information content (AvgIpc) is 3.16. The van der Waals surface area contributed by atoms with Gasteiger partial charge in [-0.15, -0.1) is 11.3 Å². The molecule has 1 aliphatic heterocycles. The molecule has 4 heterocycles. The highest BCUT2D eigenvalue weighted by Crippen LogP contribution is 2.33. The van der Waals surface area contributed by atoms with Crippen molar-refractivity contribution in [3.8, 4) is 5.13 Å². The quantitative estimate of drug-likeness (QED) is 0.671. The van der Waals surface area contributed by atoms with E-state index >= 15 is 0 Å². The zero-order chi connectivity index (χ0) is 14.4. The molecule has 0 spiro atoms. The van der Waals surface area contributed by atoms with E-state index in [1.807, 2.05) is 18.3 Å². The predicted octanol–water partition coefficient (Wildman–Crippen LogP) is 3.95. The SMILES string of the molecule is Cc1sc(-n2ccc3cnc(Cl)cc32)nc1C1CCOC1.